The Labute approximate surface area is 148 Å². The molecule has 0 fully saturated rings. The molecule has 0 N–H and O–H groups in total. The van der Waals surface area contributed by atoms with Crippen molar-refractivity contribution in [1.82, 2.24) is 0 Å². The minimum atomic E-state index is 0.163. The summed E-state index contributed by atoms with van der Waals surface area (Å²) in [6.45, 7) is 0. The summed E-state index contributed by atoms with van der Waals surface area (Å²) in [4.78, 5) is 12.5. The molecule has 1 nitrogen and oxygen atoms in total. The van der Waals surface area contributed by atoms with Gasteiger partial charge in [0.1, 0.15) is 0 Å². The molecule has 4 rings (SSSR count). The smallest absolute Gasteiger partial charge is 0.156 e. The molecule has 122 valence electrons. The topological polar surface area (TPSA) is 17.1 Å². The molecule has 0 bridgehead atoms. The summed E-state index contributed by atoms with van der Waals surface area (Å²) in [6, 6.07) is 31.3. The van der Waals surface area contributed by atoms with E-state index in [1.807, 2.05) is 36.4 Å². The van der Waals surface area contributed by atoms with Crippen LogP contribution in [-0.4, -0.2) is 5.78 Å². The van der Waals surface area contributed by atoms with Crippen LogP contribution in [0, 0.1) is 0 Å². The lowest BCUT2D eigenvalue weighted by Crippen LogP contribution is -2.21. The minimum Gasteiger partial charge on any atom is -0.295 e. The summed E-state index contributed by atoms with van der Waals surface area (Å²) in [5, 5.41) is 0. The fraction of sp³-hybridized carbons (Fsp3) is 0.125. The molecule has 0 spiro atoms. The molecular formula is C24H20O. The molecule has 0 saturated carbocycles. The number of hydrogen-bond acceptors (Lipinski definition) is 1. The molecule has 1 heteroatoms. The highest BCUT2D eigenvalue weighted by Crippen LogP contribution is 2.47. The van der Waals surface area contributed by atoms with Crippen molar-refractivity contribution in [3.05, 3.63) is 114 Å². The summed E-state index contributed by atoms with van der Waals surface area (Å²) >= 11 is 0. The highest BCUT2D eigenvalue weighted by Gasteiger charge is 2.34. The van der Waals surface area contributed by atoms with Crippen molar-refractivity contribution in [2.24, 2.45) is 0 Å². The van der Waals surface area contributed by atoms with Gasteiger partial charge in [-0.1, -0.05) is 91.0 Å². The van der Waals surface area contributed by atoms with Gasteiger partial charge in [0.05, 0.1) is 0 Å². The number of carbonyl (C=O) groups is 1. The molecule has 2 atom stereocenters. The van der Waals surface area contributed by atoms with Crippen molar-refractivity contribution in [3.8, 4) is 0 Å². The van der Waals surface area contributed by atoms with Crippen molar-refractivity contribution in [1.29, 1.82) is 0 Å². The van der Waals surface area contributed by atoms with Crippen LogP contribution in [-0.2, 0) is 4.79 Å². The first-order valence-corrected chi connectivity index (χ1v) is 8.72. The maximum Gasteiger partial charge on any atom is 0.156 e. The third-order valence-electron chi connectivity index (χ3n) is 4.97. The van der Waals surface area contributed by atoms with Gasteiger partial charge in [-0.05, 0) is 28.3 Å². The van der Waals surface area contributed by atoms with Gasteiger partial charge < -0.3 is 0 Å². The van der Waals surface area contributed by atoms with Crippen LogP contribution in [0.2, 0.25) is 0 Å². The first kappa shape index (κ1) is 15.6. The summed E-state index contributed by atoms with van der Waals surface area (Å²) in [6.07, 6.45) is 2.41. The third kappa shape index (κ3) is 3.18. The largest absolute Gasteiger partial charge is 0.295 e. The van der Waals surface area contributed by atoms with Gasteiger partial charge in [-0.15, -0.1) is 0 Å². The highest BCUT2D eigenvalue weighted by molar-refractivity contribution is 6.01. The van der Waals surface area contributed by atoms with Crippen LogP contribution < -0.4 is 0 Å². The minimum absolute atomic E-state index is 0.163. The average molecular weight is 324 g/mol. The molecule has 3 aromatic carbocycles. The van der Waals surface area contributed by atoms with Crippen LogP contribution in [0.4, 0.5) is 0 Å². The van der Waals surface area contributed by atoms with Crippen LogP contribution in [0.3, 0.4) is 0 Å². The number of ketones is 1. The molecule has 25 heavy (non-hydrogen) atoms. The number of benzene rings is 3. The lowest BCUT2D eigenvalue weighted by molar-refractivity contribution is -0.115. The first-order valence-electron chi connectivity index (χ1n) is 8.72. The van der Waals surface area contributed by atoms with Gasteiger partial charge in [-0.25, -0.2) is 0 Å². The molecule has 0 radical (unpaired) electrons. The van der Waals surface area contributed by atoms with E-state index in [2.05, 4.69) is 60.7 Å². The fourth-order valence-electron chi connectivity index (χ4n) is 3.85. The maximum absolute atomic E-state index is 12.5. The monoisotopic (exact) mass is 324 g/mol. The van der Waals surface area contributed by atoms with E-state index >= 15 is 0 Å². The van der Waals surface area contributed by atoms with E-state index in [0.29, 0.717) is 6.42 Å². The molecule has 0 aliphatic heterocycles. The third-order valence-corrected chi connectivity index (χ3v) is 4.97. The van der Waals surface area contributed by atoms with E-state index < -0.39 is 0 Å². The van der Waals surface area contributed by atoms with Gasteiger partial charge in [-0.2, -0.15) is 0 Å². The Balaban J connectivity index is 1.88. The Morgan fingerprint density at radius 1 is 0.640 bits per heavy atom. The second-order valence-corrected chi connectivity index (χ2v) is 6.54. The summed E-state index contributed by atoms with van der Waals surface area (Å²) < 4.78 is 0. The fourth-order valence-corrected chi connectivity index (χ4v) is 3.85. The van der Waals surface area contributed by atoms with Crippen molar-refractivity contribution in [3.63, 3.8) is 0 Å². The number of carbonyl (C=O) groups excluding carboxylic acids is 1. The molecule has 1 aliphatic rings. The van der Waals surface area contributed by atoms with E-state index in [1.165, 1.54) is 11.1 Å². The van der Waals surface area contributed by atoms with Crippen molar-refractivity contribution in [2.75, 3.05) is 0 Å². The number of hydrogen-bond donors (Lipinski definition) is 0. The Hall–Kier alpha value is -2.93. The summed E-state index contributed by atoms with van der Waals surface area (Å²) in [7, 11) is 0. The Kier molecular flexibility index (Phi) is 4.30. The van der Waals surface area contributed by atoms with E-state index in [-0.39, 0.29) is 17.6 Å². The molecule has 0 unspecified atom stereocenters. The van der Waals surface area contributed by atoms with Crippen molar-refractivity contribution in [2.45, 2.75) is 18.3 Å². The lowest BCUT2D eigenvalue weighted by Gasteiger charge is -2.33. The SMILES string of the molecule is O=C1C=C(c2ccccc2)[C@@H](c2ccccc2)[C@@H](c2ccccc2)C1. The van der Waals surface area contributed by atoms with Crippen LogP contribution in [0.5, 0.6) is 0 Å². The molecular weight excluding hydrogens is 304 g/mol. The molecule has 0 saturated heterocycles. The number of allylic oxidation sites excluding steroid dienone is 2. The Morgan fingerprint density at radius 2 is 1.16 bits per heavy atom. The zero-order valence-corrected chi connectivity index (χ0v) is 14.0. The van der Waals surface area contributed by atoms with Gasteiger partial charge >= 0.3 is 0 Å². The zero-order chi connectivity index (χ0) is 17.1. The van der Waals surface area contributed by atoms with Gasteiger partial charge in [-0.3, -0.25) is 4.79 Å². The molecule has 0 amide bonds. The van der Waals surface area contributed by atoms with Gasteiger partial charge in [0.2, 0.25) is 0 Å². The van der Waals surface area contributed by atoms with Gasteiger partial charge in [0.15, 0.2) is 5.78 Å². The Bertz CT molecular complexity index is 879. The molecule has 1 aliphatic carbocycles. The normalized spacial score (nSPS) is 20.2. The van der Waals surface area contributed by atoms with Crippen molar-refractivity contribution >= 4 is 11.4 Å². The number of rotatable bonds is 3. The van der Waals surface area contributed by atoms with Crippen LogP contribution >= 0.6 is 0 Å². The maximum atomic E-state index is 12.5. The van der Waals surface area contributed by atoms with Gasteiger partial charge in [0.25, 0.3) is 0 Å². The van der Waals surface area contributed by atoms with E-state index in [0.717, 1.165) is 11.1 Å². The van der Waals surface area contributed by atoms with E-state index in [4.69, 9.17) is 0 Å². The van der Waals surface area contributed by atoms with Gasteiger partial charge in [0, 0.05) is 18.3 Å². The Morgan fingerprint density at radius 3 is 1.76 bits per heavy atom. The van der Waals surface area contributed by atoms with Crippen LogP contribution in [0.25, 0.3) is 5.57 Å². The molecule has 0 heterocycles. The van der Waals surface area contributed by atoms with E-state index in [9.17, 15) is 4.79 Å². The standard InChI is InChI=1S/C24H20O/c25-21-16-22(18-10-4-1-5-11-18)24(20-14-8-3-9-15-20)23(17-21)19-12-6-2-7-13-19/h1-16,23-24H,17H2/t23-,24-/m1/s1. The molecule has 0 aromatic heterocycles. The predicted octanol–water partition coefficient (Wildman–Crippen LogP) is 5.61. The second kappa shape index (κ2) is 6.90. The molecule has 3 aromatic rings. The first-order chi connectivity index (χ1) is 12.3. The van der Waals surface area contributed by atoms with E-state index in [1.54, 1.807) is 0 Å². The summed E-state index contributed by atoms with van der Waals surface area (Å²) in [5.74, 6) is 0.555. The second-order valence-electron chi connectivity index (χ2n) is 6.54. The summed E-state index contributed by atoms with van der Waals surface area (Å²) in [5.41, 5.74) is 4.74. The predicted molar refractivity (Wildman–Crippen MR) is 102 cm³/mol. The van der Waals surface area contributed by atoms with Crippen molar-refractivity contribution < 1.29 is 4.79 Å². The average Bonchev–Trinajstić information content (AvgIpc) is 2.69. The highest BCUT2D eigenvalue weighted by atomic mass is 16.1. The quantitative estimate of drug-likeness (QED) is 0.612. The lowest BCUT2D eigenvalue weighted by atomic mass is 9.69. The van der Waals surface area contributed by atoms with Crippen LogP contribution in [0.1, 0.15) is 34.9 Å². The van der Waals surface area contributed by atoms with Crippen LogP contribution in [0.15, 0.2) is 97.1 Å². The zero-order valence-electron chi connectivity index (χ0n) is 14.0.